The van der Waals surface area contributed by atoms with Gasteiger partial charge in [-0.2, -0.15) is 18.2 Å². The summed E-state index contributed by atoms with van der Waals surface area (Å²) in [4.78, 5) is 17.8. The first-order valence-electron chi connectivity index (χ1n) is 13.5. The molecule has 1 heterocycles. The van der Waals surface area contributed by atoms with Gasteiger partial charge in [0, 0.05) is 30.8 Å². The van der Waals surface area contributed by atoms with Gasteiger partial charge in [0.25, 0.3) is 5.91 Å². The average molecular weight is 558 g/mol. The van der Waals surface area contributed by atoms with Crippen LogP contribution in [-0.4, -0.2) is 27.5 Å². The van der Waals surface area contributed by atoms with Crippen molar-refractivity contribution < 1.29 is 27.4 Å². The van der Waals surface area contributed by atoms with Crippen LogP contribution in [0.1, 0.15) is 74.6 Å². The van der Waals surface area contributed by atoms with E-state index in [1.807, 2.05) is 66.7 Å². The number of rotatable bonds is 9. The number of aromatic nitrogens is 2. The van der Waals surface area contributed by atoms with Crippen LogP contribution in [0.5, 0.6) is 5.75 Å². The van der Waals surface area contributed by atoms with E-state index in [4.69, 9.17) is 9.47 Å². The van der Waals surface area contributed by atoms with Gasteiger partial charge in [0.05, 0.1) is 23.3 Å². The molecule has 3 aromatic rings. The van der Waals surface area contributed by atoms with E-state index in [9.17, 15) is 18.0 Å². The molecule has 0 N–H and O–H groups in total. The molecule has 1 amide bonds. The Bertz CT molecular complexity index is 1410. The van der Waals surface area contributed by atoms with Gasteiger partial charge in [0.15, 0.2) is 5.49 Å². The molecule has 1 aliphatic rings. The minimum Gasteiger partial charge on any atom is -0.490 e. The standard InChI is InChI=1S/C31H38F3N3O3/c1-29(2,3)26-17-27(37(36(26)6)18-21-12-13-21)35-28(38)24-16-23(31(32,33)34)14-15-25(24)39-20-30(4,5)40-19-22-10-8-7-9-11-22/h7-11,14-17,21H,12-13,18-20H2,1-6H3. The van der Waals surface area contributed by atoms with E-state index in [2.05, 4.69) is 25.8 Å². The number of ether oxygens (including phenoxy) is 2. The Kier molecular flexibility index (Phi) is 8.36. The molecule has 0 bridgehead atoms. The summed E-state index contributed by atoms with van der Waals surface area (Å²) < 4.78 is 56.7. The third-order valence-corrected chi connectivity index (χ3v) is 6.94. The highest BCUT2D eigenvalue weighted by molar-refractivity contribution is 5.97. The largest absolute Gasteiger partial charge is 0.490 e. The van der Waals surface area contributed by atoms with Crippen LogP contribution in [0.4, 0.5) is 13.2 Å². The van der Waals surface area contributed by atoms with Gasteiger partial charge in [-0.3, -0.25) is 14.2 Å². The van der Waals surface area contributed by atoms with E-state index >= 15 is 0 Å². The first-order valence-corrected chi connectivity index (χ1v) is 13.5. The Balaban J connectivity index is 1.65. The van der Waals surface area contributed by atoms with E-state index < -0.39 is 23.2 Å². The predicted molar refractivity (Wildman–Crippen MR) is 147 cm³/mol. The minimum absolute atomic E-state index is 0.0205. The van der Waals surface area contributed by atoms with Crippen molar-refractivity contribution in [1.82, 2.24) is 9.36 Å². The van der Waals surface area contributed by atoms with Gasteiger partial charge in [0.2, 0.25) is 0 Å². The fourth-order valence-corrected chi connectivity index (χ4v) is 4.44. The fraction of sp³-hybridized carbons (Fsp3) is 0.484. The predicted octanol–water partition coefficient (Wildman–Crippen LogP) is 6.67. The normalized spacial score (nSPS) is 15.0. The Morgan fingerprint density at radius 2 is 1.68 bits per heavy atom. The van der Waals surface area contributed by atoms with E-state index in [1.54, 1.807) is 0 Å². The van der Waals surface area contributed by atoms with Crippen molar-refractivity contribution in [2.45, 2.75) is 77.8 Å². The van der Waals surface area contributed by atoms with E-state index in [0.29, 0.717) is 24.6 Å². The molecule has 1 aromatic heterocycles. The summed E-state index contributed by atoms with van der Waals surface area (Å²) in [5.74, 6) is -0.264. The summed E-state index contributed by atoms with van der Waals surface area (Å²) in [5.41, 5.74) is 0.199. The first kappa shape index (κ1) is 29.6. The first-order chi connectivity index (χ1) is 18.6. The second kappa shape index (κ2) is 11.3. The van der Waals surface area contributed by atoms with Crippen LogP contribution < -0.4 is 10.2 Å². The fourth-order valence-electron chi connectivity index (χ4n) is 4.44. The van der Waals surface area contributed by atoms with Crippen molar-refractivity contribution in [2.24, 2.45) is 18.0 Å². The quantitative estimate of drug-likeness (QED) is 0.295. The number of benzene rings is 2. The van der Waals surface area contributed by atoms with Crippen molar-refractivity contribution in [3.8, 4) is 5.75 Å². The summed E-state index contributed by atoms with van der Waals surface area (Å²) >= 11 is 0. The van der Waals surface area contributed by atoms with E-state index in [0.717, 1.165) is 36.2 Å². The number of hydrogen-bond donors (Lipinski definition) is 0. The van der Waals surface area contributed by atoms with Gasteiger partial charge >= 0.3 is 6.18 Å². The highest BCUT2D eigenvalue weighted by Crippen LogP contribution is 2.34. The van der Waals surface area contributed by atoms with Gasteiger partial charge in [-0.05, 0) is 56.4 Å². The molecule has 0 radical (unpaired) electrons. The zero-order valence-corrected chi connectivity index (χ0v) is 24.0. The molecule has 6 nitrogen and oxygen atoms in total. The smallest absolute Gasteiger partial charge is 0.416 e. The van der Waals surface area contributed by atoms with Crippen LogP contribution in [0.15, 0.2) is 59.6 Å². The maximum Gasteiger partial charge on any atom is 0.416 e. The maximum absolute atomic E-state index is 13.6. The van der Waals surface area contributed by atoms with Gasteiger partial charge in [0.1, 0.15) is 12.4 Å². The van der Waals surface area contributed by atoms with Crippen LogP contribution >= 0.6 is 0 Å². The topological polar surface area (TPSA) is 57.8 Å². The Morgan fingerprint density at radius 3 is 2.27 bits per heavy atom. The highest BCUT2D eigenvalue weighted by atomic mass is 19.4. The zero-order chi connectivity index (χ0) is 29.3. The second-order valence-electron chi connectivity index (χ2n) is 12.1. The van der Waals surface area contributed by atoms with E-state index in [1.165, 1.54) is 6.07 Å². The van der Waals surface area contributed by atoms with Gasteiger partial charge in [-0.25, -0.2) is 0 Å². The lowest BCUT2D eigenvalue weighted by Crippen LogP contribution is -2.32. The summed E-state index contributed by atoms with van der Waals surface area (Å²) in [7, 11) is 1.92. The number of halogens is 3. The molecule has 2 aromatic carbocycles. The van der Waals surface area contributed by atoms with Crippen LogP contribution in [0.25, 0.3) is 0 Å². The molecule has 0 saturated heterocycles. The number of amides is 1. The van der Waals surface area contributed by atoms with Crippen LogP contribution in [0, 0.1) is 5.92 Å². The van der Waals surface area contributed by atoms with Gasteiger partial charge < -0.3 is 9.47 Å². The Hall–Kier alpha value is -3.33. The van der Waals surface area contributed by atoms with Crippen LogP contribution in [0.3, 0.4) is 0 Å². The molecule has 0 aliphatic heterocycles. The van der Waals surface area contributed by atoms with Crippen LogP contribution in [0.2, 0.25) is 0 Å². The van der Waals surface area contributed by atoms with Crippen molar-refractivity contribution in [2.75, 3.05) is 6.61 Å². The number of carbonyl (C=O) groups excluding carboxylic acids is 1. The molecule has 0 spiro atoms. The maximum atomic E-state index is 13.6. The Labute approximate surface area is 233 Å². The highest BCUT2D eigenvalue weighted by Gasteiger charge is 2.33. The van der Waals surface area contributed by atoms with Crippen molar-refractivity contribution in [1.29, 1.82) is 0 Å². The van der Waals surface area contributed by atoms with Gasteiger partial charge in [-0.15, -0.1) is 0 Å². The molecular formula is C31H38F3N3O3. The number of hydrogen-bond acceptors (Lipinski definition) is 3. The lowest BCUT2D eigenvalue weighted by Gasteiger charge is -2.26. The molecule has 0 unspecified atom stereocenters. The lowest BCUT2D eigenvalue weighted by atomic mass is 9.92. The second-order valence-corrected chi connectivity index (χ2v) is 12.1. The molecule has 216 valence electrons. The summed E-state index contributed by atoms with van der Waals surface area (Å²) in [6.07, 6.45) is -2.42. The molecular weight excluding hydrogens is 519 g/mol. The zero-order valence-electron chi connectivity index (χ0n) is 24.0. The number of nitrogens with zero attached hydrogens (tertiary/aromatic N) is 3. The van der Waals surface area contributed by atoms with Crippen molar-refractivity contribution in [3.63, 3.8) is 0 Å². The molecule has 1 fully saturated rings. The van der Waals surface area contributed by atoms with Crippen LogP contribution in [-0.2, 0) is 36.5 Å². The molecule has 0 atom stereocenters. The van der Waals surface area contributed by atoms with Crippen molar-refractivity contribution in [3.05, 3.63) is 82.5 Å². The molecule has 40 heavy (non-hydrogen) atoms. The summed E-state index contributed by atoms with van der Waals surface area (Å²) in [6, 6.07) is 14.4. The average Bonchev–Trinajstić information content (AvgIpc) is 3.65. The monoisotopic (exact) mass is 557 g/mol. The van der Waals surface area contributed by atoms with E-state index in [-0.39, 0.29) is 23.3 Å². The Morgan fingerprint density at radius 1 is 1.00 bits per heavy atom. The molecule has 1 aliphatic carbocycles. The molecule has 1 saturated carbocycles. The van der Waals surface area contributed by atoms with Crippen molar-refractivity contribution >= 4 is 5.91 Å². The molecule has 9 heteroatoms. The number of alkyl halides is 3. The summed E-state index contributed by atoms with van der Waals surface area (Å²) in [6.45, 7) is 10.9. The summed E-state index contributed by atoms with van der Waals surface area (Å²) in [5, 5.41) is 0. The third-order valence-electron chi connectivity index (χ3n) is 6.94. The minimum atomic E-state index is -4.62. The SMILES string of the molecule is Cn1c(C(C)(C)C)cc(=NC(=O)c2cc(C(F)(F)F)ccc2OCC(C)(C)OCc2ccccc2)n1CC1CC1. The lowest BCUT2D eigenvalue weighted by molar-refractivity contribution is -0.137. The molecule has 4 rings (SSSR count). The van der Waals surface area contributed by atoms with Gasteiger partial charge in [-0.1, -0.05) is 51.1 Å². The number of carbonyl (C=O) groups is 1. The third kappa shape index (κ3) is 7.44.